The van der Waals surface area contributed by atoms with Gasteiger partial charge in [-0.1, -0.05) is 23.7 Å². The fourth-order valence-electron chi connectivity index (χ4n) is 2.02. The number of thiazole rings is 1. The van der Waals surface area contributed by atoms with Crippen LogP contribution in [0, 0.1) is 0 Å². The number of sulfonamides is 1. The average molecular weight is 329 g/mol. The Hall–Kier alpha value is -0.950. The summed E-state index contributed by atoms with van der Waals surface area (Å²) in [5.74, 6) is 0. The zero-order valence-corrected chi connectivity index (χ0v) is 13.0. The number of rotatable bonds is 5. The first-order valence-electron chi connectivity index (χ1n) is 6.24. The average Bonchev–Trinajstić information content (AvgIpc) is 3.12. The Morgan fingerprint density at radius 3 is 2.70 bits per heavy atom. The summed E-state index contributed by atoms with van der Waals surface area (Å²) in [4.78, 5) is 4.35. The van der Waals surface area contributed by atoms with Crippen molar-refractivity contribution in [1.82, 2.24) is 9.29 Å². The van der Waals surface area contributed by atoms with E-state index < -0.39 is 10.0 Å². The van der Waals surface area contributed by atoms with Crippen molar-refractivity contribution in [2.45, 2.75) is 30.3 Å². The predicted molar refractivity (Wildman–Crippen MR) is 79.3 cm³/mol. The molecule has 0 radical (unpaired) electrons. The van der Waals surface area contributed by atoms with Crippen molar-refractivity contribution in [3.05, 3.63) is 45.9 Å². The molecule has 1 aliphatic carbocycles. The highest BCUT2D eigenvalue weighted by Gasteiger charge is 2.39. The van der Waals surface area contributed by atoms with Gasteiger partial charge < -0.3 is 0 Å². The lowest BCUT2D eigenvalue weighted by Crippen LogP contribution is -2.32. The van der Waals surface area contributed by atoms with Crippen molar-refractivity contribution in [2.24, 2.45) is 0 Å². The molecular weight excluding hydrogens is 316 g/mol. The quantitative estimate of drug-likeness (QED) is 0.847. The molecule has 1 heterocycles. The second-order valence-electron chi connectivity index (χ2n) is 4.64. The Morgan fingerprint density at radius 2 is 2.10 bits per heavy atom. The summed E-state index contributed by atoms with van der Waals surface area (Å²) in [5.41, 5.74) is 0. The van der Waals surface area contributed by atoms with Crippen LogP contribution < -0.4 is 0 Å². The highest BCUT2D eigenvalue weighted by molar-refractivity contribution is 7.89. The van der Waals surface area contributed by atoms with Crippen molar-refractivity contribution in [3.63, 3.8) is 0 Å². The van der Waals surface area contributed by atoms with E-state index in [1.54, 1.807) is 30.5 Å². The second-order valence-corrected chi connectivity index (χ2v) is 7.88. The molecule has 7 heteroatoms. The molecule has 1 saturated carbocycles. The first-order chi connectivity index (χ1) is 9.59. The van der Waals surface area contributed by atoms with Crippen LogP contribution in [-0.2, 0) is 16.6 Å². The topological polar surface area (TPSA) is 50.3 Å². The molecule has 3 rings (SSSR count). The lowest BCUT2D eigenvalue weighted by molar-refractivity contribution is 0.398. The van der Waals surface area contributed by atoms with Crippen LogP contribution in [0.3, 0.4) is 0 Å². The fraction of sp³-hybridized carbons (Fsp3) is 0.308. The SMILES string of the molecule is O=S(=O)(c1ccccc1Cl)N(Cc1nccs1)C1CC1. The van der Waals surface area contributed by atoms with Gasteiger partial charge >= 0.3 is 0 Å². The third-order valence-corrected chi connectivity index (χ3v) is 6.31. The summed E-state index contributed by atoms with van der Waals surface area (Å²) in [7, 11) is -3.58. The van der Waals surface area contributed by atoms with Crippen molar-refractivity contribution in [1.29, 1.82) is 0 Å². The van der Waals surface area contributed by atoms with E-state index in [1.165, 1.54) is 15.6 Å². The fourth-order valence-corrected chi connectivity index (χ4v) is 4.85. The minimum Gasteiger partial charge on any atom is -0.248 e. The molecule has 4 nitrogen and oxygen atoms in total. The van der Waals surface area contributed by atoms with Gasteiger partial charge in [0.15, 0.2) is 0 Å². The molecule has 0 bridgehead atoms. The second kappa shape index (κ2) is 5.44. The minimum absolute atomic E-state index is 0.0696. The summed E-state index contributed by atoms with van der Waals surface area (Å²) >= 11 is 7.50. The molecule has 0 N–H and O–H groups in total. The summed E-state index contributed by atoms with van der Waals surface area (Å²) < 4.78 is 27.1. The molecular formula is C13H13ClN2O2S2. The normalized spacial score (nSPS) is 15.7. The van der Waals surface area contributed by atoms with Gasteiger partial charge in [0.05, 0.1) is 11.6 Å². The van der Waals surface area contributed by atoms with Gasteiger partial charge in [0.2, 0.25) is 10.0 Å². The van der Waals surface area contributed by atoms with Crippen LogP contribution in [0.5, 0.6) is 0 Å². The maximum atomic E-state index is 12.8. The van der Waals surface area contributed by atoms with Crippen LogP contribution in [-0.4, -0.2) is 23.7 Å². The molecule has 0 unspecified atom stereocenters. The number of hydrogen-bond donors (Lipinski definition) is 0. The van der Waals surface area contributed by atoms with E-state index in [1.807, 2.05) is 5.38 Å². The Labute approximate surface area is 127 Å². The summed E-state index contributed by atoms with van der Waals surface area (Å²) in [6.07, 6.45) is 3.48. The van der Waals surface area contributed by atoms with Gasteiger partial charge in [0.1, 0.15) is 9.90 Å². The molecule has 2 aromatic rings. The van der Waals surface area contributed by atoms with Gasteiger partial charge in [0, 0.05) is 17.6 Å². The van der Waals surface area contributed by atoms with E-state index in [0.717, 1.165) is 17.8 Å². The highest BCUT2D eigenvalue weighted by Crippen LogP contribution is 2.35. The van der Waals surface area contributed by atoms with Crippen LogP contribution in [0.15, 0.2) is 40.7 Å². The van der Waals surface area contributed by atoms with Crippen molar-refractivity contribution in [2.75, 3.05) is 0 Å². The van der Waals surface area contributed by atoms with Gasteiger partial charge in [-0.15, -0.1) is 11.3 Å². The molecule has 0 amide bonds. The van der Waals surface area contributed by atoms with Gasteiger partial charge in [-0.2, -0.15) is 4.31 Å². The van der Waals surface area contributed by atoms with E-state index in [9.17, 15) is 8.42 Å². The zero-order chi connectivity index (χ0) is 14.2. The predicted octanol–water partition coefficient (Wildman–Crippen LogP) is 3.15. The molecule has 1 aromatic carbocycles. The number of aromatic nitrogens is 1. The monoisotopic (exact) mass is 328 g/mol. The number of benzene rings is 1. The third kappa shape index (κ3) is 2.74. The zero-order valence-electron chi connectivity index (χ0n) is 10.6. The van der Waals surface area contributed by atoms with E-state index in [-0.39, 0.29) is 16.0 Å². The Balaban J connectivity index is 1.96. The summed E-state index contributed by atoms with van der Waals surface area (Å²) in [6.45, 7) is 0.315. The van der Waals surface area contributed by atoms with E-state index >= 15 is 0 Å². The Kier molecular flexibility index (Phi) is 3.81. The molecule has 1 aromatic heterocycles. The Morgan fingerprint density at radius 1 is 1.35 bits per heavy atom. The summed E-state index contributed by atoms with van der Waals surface area (Å²) in [6, 6.07) is 6.63. The van der Waals surface area contributed by atoms with Crippen LogP contribution in [0.1, 0.15) is 17.8 Å². The largest absolute Gasteiger partial charge is 0.248 e. The van der Waals surface area contributed by atoms with E-state index in [2.05, 4.69) is 4.98 Å². The maximum absolute atomic E-state index is 12.8. The molecule has 1 fully saturated rings. The maximum Gasteiger partial charge on any atom is 0.245 e. The molecule has 0 aliphatic heterocycles. The van der Waals surface area contributed by atoms with Crippen molar-refractivity contribution in [3.8, 4) is 0 Å². The molecule has 0 spiro atoms. The van der Waals surface area contributed by atoms with E-state index in [0.29, 0.717) is 6.54 Å². The van der Waals surface area contributed by atoms with Crippen molar-refractivity contribution < 1.29 is 8.42 Å². The lowest BCUT2D eigenvalue weighted by atomic mass is 10.4. The van der Waals surface area contributed by atoms with E-state index in [4.69, 9.17) is 11.6 Å². The van der Waals surface area contributed by atoms with Crippen molar-refractivity contribution >= 4 is 33.0 Å². The third-order valence-electron chi connectivity index (χ3n) is 3.15. The molecule has 20 heavy (non-hydrogen) atoms. The highest BCUT2D eigenvalue weighted by atomic mass is 35.5. The minimum atomic E-state index is -3.58. The standard InChI is InChI=1S/C13H13ClN2O2S2/c14-11-3-1-2-4-12(11)20(17,18)16(10-5-6-10)9-13-15-7-8-19-13/h1-4,7-8,10H,5-6,9H2. The first kappa shape index (κ1) is 14.0. The van der Waals surface area contributed by atoms with Crippen LogP contribution in [0.2, 0.25) is 5.02 Å². The van der Waals surface area contributed by atoms with Crippen LogP contribution in [0.25, 0.3) is 0 Å². The Bertz CT molecular complexity index is 697. The smallest absolute Gasteiger partial charge is 0.245 e. The number of hydrogen-bond acceptors (Lipinski definition) is 4. The number of halogens is 1. The lowest BCUT2D eigenvalue weighted by Gasteiger charge is -2.21. The van der Waals surface area contributed by atoms with Gasteiger partial charge in [0.25, 0.3) is 0 Å². The molecule has 0 saturated heterocycles. The first-order valence-corrected chi connectivity index (χ1v) is 8.93. The molecule has 106 valence electrons. The van der Waals surface area contributed by atoms with Gasteiger partial charge in [-0.3, -0.25) is 0 Å². The number of nitrogens with zero attached hydrogens (tertiary/aromatic N) is 2. The van der Waals surface area contributed by atoms with Crippen LogP contribution >= 0.6 is 22.9 Å². The van der Waals surface area contributed by atoms with Crippen LogP contribution in [0.4, 0.5) is 0 Å². The van der Waals surface area contributed by atoms with Gasteiger partial charge in [-0.05, 0) is 25.0 Å². The molecule has 0 atom stereocenters. The van der Waals surface area contributed by atoms with Gasteiger partial charge in [-0.25, -0.2) is 13.4 Å². The molecule has 1 aliphatic rings. The summed E-state index contributed by atoms with van der Waals surface area (Å²) in [5, 5.41) is 2.91.